The van der Waals surface area contributed by atoms with Crippen molar-refractivity contribution in [3.05, 3.63) is 27.9 Å². The predicted octanol–water partition coefficient (Wildman–Crippen LogP) is 0.552. The Morgan fingerprint density at radius 2 is 2.42 bits per heavy atom. The van der Waals surface area contributed by atoms with Crippen molar-refractivity contribution in [1.29, 1.82) is 5.26 Å². The van der Waals surface area contributed by atoms with Crippen molar-refractivity contribution in [1.82, 2.24) is 10.3 Å². The number of amides is 1. The van der Waals surface area contributed by atoms with Gasteiger partial charge in [-0.2, -0.15) is 5.26 Å². The molecule has 0 saturated carbocycles. The molecule has 1 aromatic rings. The van der Waals surface area contributed by atoms with Crippen LogP contribution in [0.5, 0.6) is 0 Å². The molecule has 2 rings (SSSR count). The molecule has 1 saturated heterocycles. The summed E-state index contributed by atoms with van der Waals surface area (Å²) in [6.45, 7) is 0.635. The molecule has 8 nitrogen and oxygen atoms in total. The van der Waals surface area contributed by atoms with Crippen LogP contribution in [0.15, 0.2) is 12.3 Å². The number of nitro groups is 1. The first-order valence-electron chi connectivity index (χ1n) is 5.70. The fraction of sp³-hybridized carbons (Fsp3) is 0.364. The highest BCUT2D eigenvalue weighted by molar-refractivity contribution is 5.85. The molecule has 2 heterocycles. The minimum absolute atomic E-state index is 0.0487. The van der Waals surface area contributed by atoms with Gasteiger partial charge in [-0.25, -0.2) is 4.98 Å². The first-order valence-corrected chi connectivity index (χ1v) is 5.70. The number of nitriles is 1. The Hall–Kier alpha value is -2.69. The molecule has 1 amide bonds. The van der Waals surface area contributed by atoms with Crippen molar-refractivity contribution >= 4 is 17.4 Å². The monoisotopic (exact) mass is 261 g/mol. The highest BCUT2D eigenvalue weighted by Crippen LogP contribution is 2.20. The maximum Gasteiger partial charge on any atom is 0.289 e. The summed E-state index contributed by atoms with van der Waals surface area (Å²) in [4.78, 5) is 25.4. The molecule has 1 unspecified atom stereocenters. The summed E-state index contributed by atoms with van der Waals surface area (Å²) in [7, 11) is 0. The van der Waals surface area contributed by atoms with Crippen molar-refractivity contribution < 1.29 is 9.72 Å². The molecule has 1 aliphatic rings. The Morgan fingerprint density at radius 1 is 1.63 bits per heavy atom. The maximum atomic E-state index is 11.6. The summed E-state index contributed by atoms with van der Waals surface area (Å²) in [5.41, 5.74) is -0.206. The number of pyridine rings is 1. The lowest BCUT2D eigenvalue weighted by Gasteiger charge is -2.23. The van der Waals surface area contributed by atoms with Gasteiger partial charge in [0.05, 0.1) is 4.92 Å². The molecule has 8 heteroatoms. The van der Waals surface area contributed by atoms with Crippen molar-refractivity contribution in [3.8, 4) is 6.07 Å². The number of aromatic nitrogens is 1. The minimum atomic E-state index is -0.620. The lowest BCUT2D eigenvalue weighted by molar-refractivity contribution is -0.385. The van der Waals surface area contributed by atoms with Crippen LogP contribution in [0.2, 0.25) is 0 Å². The molecule has 1 atom stereocenters. The number of piperidine rings is 1. The highest BCUT2D eigenvalue weighted by Gasteiger charge is 2.23. The van der Waals surface area contributed by atoms with E-state index in [2.05, 4.69) is 15.6 Å². The van der Waals surface area contributed by atoms with Gasteiger partial charge in [0.2, 0.25) is 5.91 Å². The van der Waals surface area contributed by atoms with Crippen LogP contribution in [-0.2, 0) is 4.79 Å². The van der Waals surface area contributed by atoms with E-state index in [0.29, 0.717) is 13.0 Å². The van der Waals surface area contributed by atoms with Gasteiger partial charge in [0.25, 0.3) is 5.69 Å². The quantitative estimate of drug-likeness (QED) is 0.605. The van der Waals surface area contributed by atoms with E-state index in [1.807, 2.05) is 6.07 Å². The van der Waals surface area contributed by atoms with E-state index in [0.717, 1.165) is 18.7 Å². The molecule has 0 bridgehead atoms. The minimum Gasteiger partial charge on any atom is -0.357 e. The average molecular weight is 261 g/mol. The van der Waals surface area contributed by atoms with Gasteiger partial charge in [0.15, 0.2) is 0 Å². The van der Waals surface area contributed by atoms with Crippen molar-refractivity contribution in [2.45, 2.75) is 18.9 Å². The van der Waals surface area contributed by atoms with E-state index in [9.17, 15) is 14.9 Å². The first kappa shape index (κ1) is 12.8. The average Bonchev–Trinajstić information content (AvgIpc) is 2.41. The molecular weight excluding hydrogens is 250 g/mol. The standard InChI is InChI=1S/C11H11N5O3/c12-5-7-4-8(16(18)19)6-14-10(7)15-9-2-1-3-13-11(9)17/h4,6,9H,1-3H2,(H,13,17)(H,14,15). The molecule has 2 N–H and O–H groups in total. The largest absolute Gasteiger partial charge is 0.357 e. The summed E-state index contributed by atoms with van der Waals surface area (Å²) in [5.74, 6) is 0.0328. The van der Waals surface area contributed by atoms with E-state index in [1.165, 1.54) is 0 Å². The van der Waals surface area contributed by atoms with Crippen LogP contribution in [0.4, 0.5) is 11.5 Å². The maximum absolute atomic E-state index is 11.6. The van der Waals surface area contributed by atoms with E-state index in [-0.39, 0.29) is 23.0 Å². The van der Waals surface area contributed by atoms with Gasteiger partial charge in [0.1, 0.15) is 29.7 Å². The third kappa shape index (κ3) is 2.77. The zero-order chi connectivity index (χ0) is 13.8. The fourth-order valence-corrected chi connectivity index (χ4v) is 1.83. The van der Waals surface area contributed by atoms with Gasteiger partial charge >= 0.3 is 0 Å². The summed E-state index contributed by atoms with van der Waals surface area (Å²) < 4.78 is 0. The molecule has 1 aromatic heterocycles. The second kappa shape index (κ2) is 5.30. The van der Waals surface area contributed by atoms with E-state index < -0.39 is 11.0 Å². The van der Waals surface area contributed by atoms with E-state index in [4.69, 9.17) is 5.26 Å². The van der Waals surface area contributed by atoms with Crippen molar-refractivity contribution in [3.63, 3.8) is 0 Å². The van der Waals surface area contributed by atoms with Crippen LogP contribution in [0, 0.1) is 21.4 Å². The summed E-state index contributed by atoms with van der Waals surface area (Å²) in [5, 5.41) is 25.1. The molecule has 1 aliphatic heterocycles. The Kier molecular flexibility index (Phi) is 3.56. The number of hydrogen-bond acceptors (Lipinski definition) is 6. The summed E-state index contributed by atoms with van der Waals surface area (Å²) >= 11 is 0. The lowest BCUT2D eigenvalue weighted by atomic mass is 10.1. The third-order valence-corrected chi connectivity index (χ3v) is 2.80. The number of carbonyl (C=O) groups is 1. The smallest absolute Gasteiger partial charge is 0.289 e. The topological polar surface area (TPSA) is 121 Å². The SMILES string of the molecule is N#Cc1cc([N+](=O)[O-])cnc1NC1CCCNC1=O. The van der Waals surface area contributed by atoms with Gasteiger partial charge in [0, 0.05) is 12.6 Å². The van der Waals surface area contributed by atoms with E-state index >= 15 is 0 Å². The zero-order valence-corrected chi connectivity index (χ0v) is 9.92. The molecule has 0 aromatic carbocycles. The summed E-state index contributed by atoms with van der Waals surface area (Å²) in [6, 6.07) is 2.51. The molecule has 1 fully saturated rings. The van der Waals surface area contributed by atoms with Crippen LogP contribution in [0.1, 0.15) is 18.4 Å². The first-order chi connectivity index (χ1) is 9.11. The van der Waals surface area contributed by atoms with Gasteiger partial charge in [-0.15, -0.1) is 0 Å². The predicted molar refractivity (Wildman–Crippen MR) is 65.3 cm³/mol. The van der Waals surface area contributed by atoms with Gasteiger partial charge in [-0.05, 0) is 12.8 Å². The molecule has 0 aliphatic carbocycles. The Bertz CT molecular complexity index is 566. The van der Waals surface area contributed by atoms with Crippen molar-refractivity contribution in [2.24, 2.45) is 0 Å². The van der Waals surface area contributed by atoms with Gasteiger partial charge in [-0.3, -0.25) is 14.9 Å². The number of anilines is 1. The van der Waals surface area contributed by atoms with Crippen molar-refractivity contribution in [2.75, 3.05) is 11.9 Å². The van der Waals surface area contributed by atoms with Gasteiger partial charge in [-0.1, -0.05) is 0 Å². The molecule has 19 heavy (non-hydrogen) atoms. The molecule has 98 valence electrons. The molecule has 0 radical (unpaired) electrons. The lowest BCUT2D eigenvalue weighted by Crippen LogP contribution is -2.44. The Balaban J connectivity index is 2.22. The van der Waals surface area contributed by atoms with Crippen LogP contribution < -0.4 is 10.6 Å². The van der Waals surface area contributed by atoms with Crippen LogP contribution in [0.3, 0.4) is 0 Å². The number of rotatable bonds is 3. The molecular formula is C11H11N5O3. The van der Waals surface area contributed by atoms with Gasteiger partial charge < -0.3 is 10.6 Å². The number of hydrogen-bond donors (Lipinski definition) is 2. The fourth-order valence-electron chi connectivity index (χ4n) is 1.83. The normalized spacial score (nSPS) is 18.3. The third-order valence-electron chi connectivity index (χ3n) is 2.80. The number of carbonyl (C=O) groups excluding carboxylic acids is 1. The van der Waals surface area contributed by atoms with Crippen LogP contribution in [-0.4, -0.2) is 28.4 Å². The highest BCUT2D eigenvalue weighted by atomic mass is 16.6. The number of nitrogens with one attached hydrogen (secondary N) is 2. The number of nitrogens with zero attached hydrogens (tertiary/aromatic N) is 3. The van der Waals surface area contributed by atoms with E-state index in [1.54, 1.807) is 0 Å². The zero-order valence-electron chi connectivity index (χ0n) is 9.92. The van der Waals surface area contributed by atoms with Crippen LogP contribution in [0.25, 0.3) is 0 Å². The Labute approximate surface area is 108 Å². The second-order valence-electron chi connectivity index (χ2n) is 4.09. The molecule has 0 spiro atoms. The summed E-state index contributed by atoms with van der Waals surface area (Å²) in [6.07, 6.45) is 2.53. The second-order valence-corrected chi connectivity index (χ2v) is 4.09. The Morgan fingerprint density at radius 3 is 3.05 bits per heavy atom. The van der Waals surface area contributed by atoms with Crippen LogP contribution >= 0.6 is 0 Å².